The van der Waals surface area contributed by atoms with E-state index in [4.69, 9.17) is 33.5 Å². The van der Waals surface area contributed by atoms with Crippen molar-refractivity contribution in [2.45, 2.75) is 83.5 Å². The number of hydrogen-bond acceptors (Lipinski definition) is 19. The molecule has 8 aromatic rings. The monoisotopic (exact) mass is 1010 g/mol. The molecule has 0 unspecified atom stereocenters. The highest BCUT2D eigenvalue weighted by Gasteiger charge is 2.26. The van der Waals surface area contributed by atoms with E-state index in [0.29, 0.717) is 34.6 Å². The van der Waals surface area contributed by atoms with Crippen molar-refractivity contribution in [1.82, 2.24) is 45.1 Å². The van der Waals surface area contributed by atoms with E-state index in [1.54, 1.807) is 6.07 Å². The molecular weight excluding hydrogens is 955 g/mol. The summed E-state index contributed by atoms with van der Waals surface area (Å²) in [6.45, 7) is 5.95. The van der Waals surface area contributed by atoms with Gasteiger partial charge in [0.1, 0.15) is 39.4 Å². The topological polar surface area (TPSA) is 359 Å². The van der Waals surface area contributed by atoms with Gasteiger partial charge in [0.25, 0.3) is 17.7 Å². The quantitative estimate of drug-likeness (QED) is 0.0558. The van der Waals surface area contributed by atoms with Gasteiger partial charge in [0.2, 0.25) is 11.9 Å². The summed E-state index contributed by atoms with van der Waals surface area (Å²) in [4.78, 5) is 67.4. The van der Waals surface area contributed by atoms with Crippen molar-refractivity contribution >= 4 is 75.2 Å². The fourth-order valence-electron chi connectivity index (χ4n) is 8.38. The number of aryl methyl sites for hydroxylation is 3. The molecule has 3 amide bonds. The number of amides is 3. The van der Waals surface area contributed by atoms with E-state index in [9.17, 15) is 14.4 Å². The fourth-order valence-corrected chi connectivity index (χ4v) is 8.38. The molecule has 0 saturated heterocycles. The van der Waals surface area contributed by atoms with Gasteiger partial charge in [0, 0.05) is 59.8 Å². The van der Waals surface area contributed by atoms with Gasteiger partial charge >= 0.3 is 6.01 Å². The van der Waals surface area contributed by atoms with Gasteiger partial charge in [-0.05, 0) is 130 Å². The molecule has 4 aromatic heterocycles. The molecule has 15 N–H and O–H groups in total. The van der Waals surface area contributed by atoms with Gasteiger partial charge in [0.05, 0.1) is 0 Å². The second kappa shape index (κ2) is 23.9. The first-order valence-electron chi connectivity index (χ1n) is 24.2. The van der Waals surface area contributed by atoms with Crippen molar-refractivity contribution < 1.29 is 19.2 Å². The number of primary amides is 3. The molecule has 2 aliphatic rings. The Balaban J connectivity index is 0.000000150. The maximum absolute atomic E-state index is 11.7. The molecule has 386 valence electrons. The van der Waals surface area contributed by atoms with Crippen LogP contribution >= 0.6 is 0 Å². The zero-order chi connectivity index (χ0) is 53.0. The minimum Gasteiger partial charge on any atom is -0.365 e. The first-order chi connectivity index (χ1) is 36.1. The summed E-state index contributed by atoms with van der Waals surface area (Å²) in [5.41, 5.74) is 36.1. The maximum Gasteiger partial charge on any atom is 0.347 e. The molecule has 2 saturated carbocycles. The average Bonchev–Trinajstić information content (AvgIpc) is 4.11. The highest BCUT2D eigenvalue weighted by atomic mass is 16.7. The minimum atomic E-state index is -0.650. The summed E-state index contributed by atoms with van der Waals surface area (Å²) in [6, 6.07) is 31.0. The van der Waals surface area contributed by atoms with E-state index in [1.165, 1.54) is 23.4 Å². The Labute approximate surface area is 431 Å². The molecule has 0 bridgehead atoms. The van der Waals surface area contributed by atoms with Crippen LogP contribution in [0, 0.1) is 20.8 Å². The summed E-state index contributed by atoms with van der Waals surface area (Å²) in [5.74, 6) is 0.0957. The van der Waals surface area contributed by atoms with Crippen LogP contribution in [0.1, 0.15) is 86.3 Å². The molecule has 4 atom stereocenters. The zero-order valence-corrected chi connectivity index (χ0v) is 41.6. The summed E-state index contributed by atoms with van der Waals surface area (Å²) in [7, 11) is 0. The second-order valence-corrected chi connectivity index (χ2v) is 18.1. The van der Waals surface area contributed by atoms with Gasteiger partial charge in [-0.2, -0.15) is 15.0 Å². The van der Waals surface area contributed by atoms with Crippen molar-refractivity contribution in [3.63, 3.8) is 0 Å². The smallest absolute Gasteiger partial charge is 0.347 e. The third-order valence-electron chi connectivity index (χ3n) is 12.2. The van der Waals surface area contributed by atoms with Crippen LogP contribution in [-0.4, -0.2) is 86.9 Å². The normalized spacial score (nSPS) is 16.6. The number of fused-ring (bicyclic) bond motifs is 1. The number of anilines is 8. The number of carbonyl (C=O) groups excluding carboxylic acids is 3. The molecule has 75 heavy (non-hydrogen) atoms. The van der Waals surface area contributed by atoms with E-state index < -0.39 is 17.7 Å². The van der Waals surface area contributed by atoms with Crippen LogP contribution in [0.25, 0.3) is 11.0 Å². The summed E-state index contributed by atoms with van der Waals surface area (Å²) in [5, 5.41) is 23.8. The Hall–Kier alpha value is -9.35. The van der Waals surface area contributed by atoms with Crippen LogP contribution in [-0.2, 0) is 0 Å². The third kappa shape index (κ3) is 13.8. The van der Waals surface area contributed by atoms with Gasteiger partial charge in [0.15, 0.2) is 5.82 Å². The van der Waals surface area contributed by atoms with Crippen molar-refractivity contribution in [3.05, 3.63) is 149 Å². The van der Waals surface area contributed by atoms with Crippen LogP contribution in [0.4, 0.5) is 46.4 Å². The van der Waals surface area contributed by atoms with Gasteiger partial charge in [-0.25, -0.2) is 15.0 Å². The van der Waals surface area contributed by atoms with Crippen LogP contribution in [0.2, 0.25) is 0 Å². The lowest BCUT2D eigenvalue weighted by molar-refractivity contribution is 0.0991. The van der Waals surface area contributed by atoms with Crippen LogP contribution < -0.4 is 60.1 Å². The Morgan fingerprint density at radius 1 is 0.547 bits per heavy atom. The van der Waals surface area contributed by atoms with Crippen molar-refractivity contribution in [2.75, 3.05) is 26.6 Å². The van der Waals surface area contributed by atoms with Gasteiger partial charge < -0.3 is 60.1 Å². The van der Waals surface area contributed by atoms with Crippen LogP contribution in [0.15, 0.2) is 116 Å². The molecule has 23 nitrogen and oxygen atoms in total. The molecule has 2 aliphatic carbocycles. The first kappa shape index (κ1) is 52.0. The number of rotatable bonds is 15. The summed E-state index contributed by atoms with van der Waals surface area (Å²) in [6.07, 6.45) is 10.3. The third-order valence-corrected chi connectivity index (χ3v) is 12.2. The maximum atomic E-state index is 11.7. The average molecular weight is 1010 g/mol. The number of nitrogens with one attached hydrogen (secondary N) is 5. The highest BCUT2D eigenvalue weighted by molar-refractivity contribution is 5.99. The molecule has 23 heteroatoms. The van der Waals surface area contributed by atoms with Crippen molar-refractivity contribution in [2.24, 2.45) is 28.7 Å². The van der Waals surface area contributed by atoms with Gasteiger partial charge in [-0.1, -0.05) is 53.4 Å². The molecular formula is C52H59N19O4. The highest BCUT2D eigenvalue weighted by Crippen LogP contribution is 2.27. The Kier molecular flexibility index (Phi) is 16.6. The predicted molar refractivity (Wildman–Crippen MR) is 287 cm³/mol. The molecule has 2 fully saturated rings. The van der Waals surface area contributed by atoms with Crippen molar-refractivity contribution in [1.29, 1.82) is 0 Å². The molecule has 4 heterocycles. The Bertz CT molecular complexity index is 3190. The van der Waals surface area contributed by atoms with Crippen LogP contribution in [0.3, 0.4) is 0 Å². The number of benzene rings is 4. The molecule has 10 rings (SSSR count). The lowest BCUT2D eigenvalue weighted by Crippen LogP contribution is -2.35. The van der Waals surface area contributed by atoms with Crippen LogP contribution in [0.5, 0.6) is 6.01 Å². The molecule has 0 spiro atoms. The fraction of sp³-hybridized carbons (Fsp3) is 0.250. The Morgan fingerprint density at radius 3 is 1.39 bits per heavy atom. The largest absolute Gasteiger partial charge is 0.365 e. The van der Waals surface area contributed by atoms with E-state index in [1.807, 2.05) is 112 Å². The predicted octanol–water partition coefficient (Wildman–Crippen LogP) is 6.05. The number of carbonyl (C=O) groups is 3. The van der Waals surface area contributed by atoms with Gasteiger partial charge in [-0.15, -0.1) is 5.10 Å². The lowest BCUT2D eigenvalue weighted by atomic mass is 10.2. The molecule has 0 radical (unpaired) electrons. The van der Waals surface area contributed by atoms with Gasteiger partial charge in [-0.3, -0.25) is 14.4 Å². The number of nitrogens with zero attached hydrogens (tertiary/aromatic N) is 9. The molecule has 0 aliphatic heterocycles. The second-order valence-electron chi connectivity index (χ2n) is 18.1. The number of para-hydroxylation sites is 1. The molecule has 4 aromatic carbocycles. The van der Waals surface area contributed by atoms with E-state index in [0.717, 1.165) is 72.3 Å². The van der Waals surface area contributed by atoms with E-state index in [2.05, 4.69) is 66.8 Å². The first-order valence-corrected chi connectivity index (χ1v) is 24.2. The SMILES string of the molecule is Cc1cccc(Nc2nc(N[C@@H]3CCC[C@@H]3N)ncc2C(N)=O)c1.Cc1cccc(Nc2nc(N[C@@H]3CCC[C@@H]3N)ncc2C(N)=O)c1.Cc1cccc(Nc2nc(On3nnc4ccccc43)ncc2C(N)=O)c1. The van der Waals surface area contributed by atoms with E-state index >= 15 is 0 Å². The van der Waals surface area contributed by atoms with Crippen molar-refractivity contribution in [3.8, 4) is 6.01 Å². The standard InChI is InChI=1S/C18H15N7O2.2C17H22N6O/c1-11-5-4-6-12(9-11)21-17-13(16(19)26)10-20-18(22-17)27-25-15-8-3-2-7-14(15)23-24-25;2*1-10-4-2-5-11(8-10)21-16-12(15(19)24)9-20-17(23-16)22-14-7-3-6-13(14)18/h2-10H,1H3,(H2,19,26)(H,20,21,22);2*2,4-5,8-9,13-14H,3,6-7,18H2,1H3,(H2,19,24)(H2,20,21,22,23)/t;2*13-,14+/m.00/s1. The number of hydrogen-bond donors (Lipinski definition) is 10. The zero-order valence-electron chi connectivity index (χ0n) is 41.6. The summed E-state index contributed by atoms with van der Waals surface area (Å²) >= 11 is 0. The summed E-state index contributed by atoms with van der Waals surface area (Å²) < 4.78 is 0. The number of aromatic nitrogens is 9. The number of nitrogens with two attached hydrogens (primary N) is 5. The minimum absolute atomic E-state index is 0.00851. The Morgan fingerprint density at radius 2 is 0.973 bits per heavy atom. The van der Waals surface area contributed by atoms with E-state index in [-0.39, 0.29) is 52.7 Å². The lowest BCUT2D eigenvalue weighted by Gasteiger charge is -2.18.